The Labute approximate surface area is 133 Å². The van der Waals surface area contributed by atoms with Gasteiger partial charge in [0.15, 0.2) is 5.78 Å². The summed E-state index contributed by atoms with van der Waals surface area (Å²) in [5.74, 6) is 0.854. The van der Waals surface area contributed by atoms with E-state index in [4.69, 9.17) is 27.6 Å². The molecule has 1 aromatic heterocycles. The summed E-state index contributed by atoms with van der Waals surface area (Å²) < 4.78 is 5.37. The van der Waals surface area contributed by atoms with E-state index in [1.165, 1.54) is 0 Å². The zero-order valence-electron chi connectivity index (χ0n) is 11.4. The molecule has 1 aliphatic rings. The number of benzene rings is 1. The highest BCUT2D eigenvalue weighted by atomic mass is 35.5. The first-order chi connectivity index (χ1) is 10.1. The molecule has 0 saturated heterocycles. The van der Waals surface area contributed by atoms with Gasteiger partial charge in [-0.25, -0.2) is 0 Å². The fourth-order valence-corrected chi connectivity index (χ4v) is 2.73. The molecule has 0 unspecified atom stereocenters. The van der Waals surface area contributed by atoms with Gasteiger partial charge < -0.3 is 4.42 Å². The molecule has 3 nitrogen and oxygen atoms in total. The first-order valence-corrected chi connectivity index (χ1v) is 7.64. The van der Waals surface area contributed by atoms with Crippen LogP contribution in [-0.4, -0.2) is 23.3 Å². The van der Waals surface area contributed by atoms with E-state index < -0.39 is 0 Å². The molecule has 5 heteroatoms. The zero-order chi connectivity index (χ0) is 14.8. The summed E-state index contributed by atoms with van der Waals surface area (Å²) in [5.41, 5.74) is 0.481. The van der Waals surface area contributed by atoms with Crippen molar-refractivity contribution >= 4 is 29.0 Å². The van der Waals surface area contributed by atoms with Crippen molar-refractivity contribution < 1.29 is 9.21 Å². The molecular weight excluding hydrogens is 309 g/mol. The van der Waals surface area contributed by atoms with Gasteiger partial charge in [-0.05, 0) is 43.2 Å². The van der Waals surface area contributed by atoms with Crippen molar-refractivity contribution in [2.45, 2.75) is 25.4 Å². The number of ketones is 1. The third-order valence-corrected chi connectivity index (χ3v) is 4.14. The number of Topliss-reactive ketones (excluding diaryl/α,β-unsaturated/α-hetero) is 1. The third kappa shape index (κ3) is 3.67. The van der Waals surface area contributed by atoms with E-state index in [1.807, 2.05) is 12.1 Å². The van der Waals surface area contributed by atoms with Crippen LogP contribution in [0, 0.1) is 0 Å². The van der Waals surface area contributed by atoms with Gasteiger partial charge in [0.05, 0.1) is 24.4 Å². The molecular formula is C16H15Cl2NO2. The van der Waals surface area contributed by atoms with Crippen LogP contribution in [0.4, 0.5) is 0 Å². The van der Waals surface area contributed by atoms with E-state index in [2.05, 4.69) is 4.90 Å². The Morgan fingerprint density at radius 1 is 1.29 bits per heavy atom. The predicted octanol–water partition coefficient (Wildman–Crippen LogP) is 4.43. The summed E-state index contributed by atoms with van der Waals surface area (Å²) in [6, 6.07) is 9.21. The van der Waals surface area contributed by atoms with Gasteiger partial charge in [0.1, 0.15) is 5.76 Å². The Bertz CT molecular complexity index is 636. The van der Waals surface area contributed by atoms with E-state index in [9.17, 15) is 4.79 Å². The molecule has 1 heterocycles. The molecule has 21 heavy (non-hydrogen) atoms. The topological polar surface area (TPSA) is 33.5 Å². The molecule has 0 bridgehead atoms. The predicted molar refractivity (Wildman–Crippen MR) is 82.9 cm³/mol. The number of nitrogens with zero attached hydrogens (tertiary/aromatic N) is 1. The minimum atomic E-state index is -0.0130. The second kappa shape index (κ2) is 6.22. The van der Waals surface area contributed by atoms with E-state index in [0.717, 1.165) is 18.6 Å². The minimum absolute atomic E-state index is 0.0130. The maximum Gasteiger partial charge on any atom is 0.178 e. The van der Waals surface area contributed by atoms with Crippen LogP contribution >= 0.6 is 23.2 Å². The van der Waals surface area contributed by atoms with Gasteiger partial charge in [-0.3, -0.25) is 9.69 Å². The molecule has 2 aromatic rings. The monoisotopic (exact) mass is 323 g/mol. The van der Waals surface area contributed by atoms with Crippen molar-refractivity contribution in [1.29, 1.82) is 0 Å². The lowest BCUT2D eigenvalue weighted by Crippen LogP contribution is -2.31. The molecule has 1 aliphatic carbocycles. The molecule has 1 saturated carbocycles. The Morgan fingerprint density at radius 3 is 2.76 bits per heavy atom. The SMILES string of the molecule is O=C(CN(Cc1ccco1)C1CC1)c1cc(Cl)ccc1Cl. The van der Waals surface area contributed by atoms with Gasteiger partial charge in [0, 0.05) is 16.6 Å². The molecule has 3 rings (SSSR count). The Hall–Kier alpha value is -1.29. The van der Waals surface area contributed by atoms with Crippen LogP contribution < -0.4 is 0 Å². The summed E-state index contributed by atoms with van der Waals surface area (Å²) in [7, 11) is 0. The van der Waals surface area contributed by atoms with Crippen LogP contribution in [0.15, 0.2) is 41.0 Å². The number of hydrogen-bond acceptors (Lipinski definition) is 3. The normalized spacial score (nSPS) is 14.6. The van der Waals surface area contributed by atoms with Crippen molar-refractivity contribution in [3.05, 3.63) is 58.0 Å². The number of carbonyl (C=O) groups excluding carboxylic acids is 1. The summed E-state index contributed by atoms with van der Waals surface area (Å²) in [6.07, 6.45) is 3.89. The summed E-state index contributed by atoms with van der Waals surface area (Å²) in [5, 5.41) is 0.963. The lowest BCUT2D eigenvalue weighted by molar-refractivity contribution is 0.0913. The van der Waals surface area contributed by atoms with Crippen LogP contribution in [0.5, 0.6) is 0 Å². The van der Waals surface area contributed by atoms with Crippen molar-refractivity contribution in [3.8, 4) is 0 Å². The second-order valence-electron chi connectivity index (χ2n) is 5.26. The van der Waals surface area contributed by atoms with E-state index in [0.29, 0.717) is 34.7 Å². The van der Waals surface area contributed by atoms with Crippen LogP contribution in [0.2, 0.25) is 10.0 Å². The Morgan fingerprint density at radius 2 is 2.10 bits per heavy atom. The maximum atomic E-state index is 12.5. The Balaban J connectivity index is 1.73. The van der Waals surface area contributed by atoms with Gasteiger partial charge in [0.25, 0.3) is 0 Å². The maximum absolute atomic E-state index is 12.5. The molecule has 0 N–H and O–H groups in total. The van der Waals surface area contributed by atoms with Crippen molar-refractivity contribution in [1.82, 2.24) is 4.90 Å². The summed E-state index contributed by atoms with van der Waals surface area (Å²) >= 11 is 12.0. The molecule has 0 aliphatic heterocycles. The summed E-state index contributed by atoms with van der Waals surface area (Å²) in [4.78, 5) is 14.6. The standard InChI is InChI=1S/C16H15Cl2NO2/c17-11-3-6-15(18)14(8-11)16(20)10-19(12-4-5-12)9-13-2-1-7-21-13/h1-3,6-8,12H,4-5,9-10H2. The van der Waals surface area contributed by atoms with E-state index in [-0.39, 0.29) is 5.78 Å². The van der Waals surface area contributed by atoms with Gasteiger partial charge in [-0.2, -0.15) is 0 Å². The highest BCUT2D eigenvalue weighted by Crippen LogP contribution is 2.29. The molecule has 1 fully saturated rings. The Kier molecular flexibility index (Phi) is 4.34. The zero-order valence-corrected chi connectivity index (χ0v) is 12.9. The molecule has 0 radical (unpaired) electrons. The van der Waals surface area contributed by atoms with Crippen molar-refractivity contribution in [2.24, 2.45) is 0 Å². The fraction of sp³-hybridized carbons (Fsp3) is 0.312. The molecule has 1 aromatic carbocycles. The average molecular weight is 324 g/mol. The molecule has 110 valence electrons. The van der Waals surface area contributed by atoms with Gasteiger partial charge >= 0.3 is 0 Å². The lowest BCUT2D eigenvalue weighted by atomic mass is 10.1. The van der Waals surface area contributed by atoms with Gasteiger partial charge in [-0.1, -0.05) is 23.2 Å². The lowest BCUT2D eigenvalue weighted by Gasteiger charge is -2.20. The number of carbonyl (C=O) groups is 1. The number of hydrogen-bond donors (Lipinski definition) is 0. The van der Waals surface area contributed by atoms with Crippen LogP contribution in [0.3, 0.4) is 0 Å². The van der Waals surface area contributed by atoms with Crippen molar-refractivity contribution in [2.75, 3.05) is 6.54 Å². The highest BCUT2D eigenvalue weighted by Gasteiger charge is 2.31. The molecule has 0 atom stereocenters. The van der Waals surface area contributed by atoms with E-state index in [1.54, 1.807) is 24.5 Å². The fourth-order valence-electron chi connectivity index (χ4n) is 2.34. The second-order valence-corrected chi connectivity index (χ2v) is 6.11. The van der Waals surface area contributed by atoms with Crippen LogP contribution in [0.1, 0.15) is 29.0 Å². The first kappa shape index (κ1) is 14.6. The third-order valence-electron chi connectivity index (χ3n) is 3.58. The largest absolute Gasteiger partial charge is 0.468 e. The first-order valence-electron chi connectivity index (χ1n) is 6.88. The minimum Gasteiger partial charge on any atom is -0.468 e. The molecule has 0 spiro atoms. The van der Waals surface area contributed by atoms with Crippen LogP contribution in [0.25, 0.3) is 0 Å². The van der Waals surface area contributed by atoms with Gasteiger partial charge in [-0.15, -0.1) is 0 Å². The quantitative estimate of drug-likeness (QED) is 0.737. The number of furan rings is 1. The van der Waals surface area contributed by atoms with Crippen LogP contribution in [-0.2, 0) is 6.54 Å². The van der Waals surface area contributed by atoms with E-state index >= 15 is 0 Å². The average Bonchev–Trinajstić information content (AvgIpc) is 3.19. The summed E-state index contributed by atoms with van der Waals surface area (Å²) in [6.45, 7) is 0.965. The smallest absolute Gasteiger partial charge is 0.178 e. The molecule has 0 amide bonds. The van der Waals surface area contributed by atoms with Crippen molar-refractivity contribution in [3.63, 3.8) is 0 Å². The number of halogens is 2. The highest BCUT2D eigenvalue weighted by molar-refractivity contribution is 6.36. The number of rotatable bonds is 6. The van der Waals surface area contributed by atoms with Gasteiger partial charge in [0.2, 0.25) is 0 Å².